The molecule has 0 amide bonds. The van der Waals surface area contributed by atoms with Crippen LogP contribution < -0.4 is 0 Å². The molecule has 0 aliphatic rings. The Morgan fingerprint density at radius 1 is 0.667 bits per heavy atom. The molecule has 2 rings (SSSR count). The van der Waals surface area contributed by atoms with E-state index in [1.165, 1.54) is 0 Å². The quantitative estimate of drug-likeness (QED) is 0.900. The minimum Gasteiger partial charge on any atom is -0.385 e. The first-order chi connectivity index (χ1) is 8.61. The summed E-state index contributed by atoms with van der Waals surface area (Å²) in [4.78, 5) is 0. The van der Waals surface area contributed by atoms with E-state index in [1.807, 2.05) is 0 Å². The third-order valence-electron chi connectivity index (χ3n) is 2.75. The van der Waals surface area contributed by atoms with Crippen molar-refractivity contribution in [1.82, 2.24) is 0 Å². The highest BCUT2D eigenvalue weighted by molar-refractivity contribution is 6.31. The highest BCUT2D eigenvalue weighted by Gasteiger charge is 2.23. The first kappa shape index (κ1) is 13.4. The Balaban J connectivity index is 2.33. The first-order valence-corrected chi connectivity index (χ1v) is 6.22. The van der Waals surface area contributed by atoms with Gasteiger partial charge in [0.25, 0.3) is 0 Å². The fourth-order valence-electron chi connectivity index (χ4n) is 1.77. The van der Waals surface area contributed by atoms with E-state index in [-0.39, 0.29) is 0 Å². The van der Waals surface area contributed by atoms with Crippen molar-refractivity contribution in [2.24, 2.45) is 0 Å². The van der Waals surface area contributed by atoms with Crippen molar-refractivity contribution in [3.63, 3.8) is 0 Å². The monoisotopic (exact) mass is 282 g/mol. The van der Waals surface area contributed by atoms with Gasteiger partial charge in [-0.15, -0.1) is 0 Å². The lowest BCUT2D eigenvalue weighted by Crippen LogP contribution is -2.11. The molecule has 0 unspecified atom stereocenters. The van der Waals surface area contributed by atoms with Crippen LogP contribution in [-0.4, -0.2) is 10.2 Å². The number of hydrogen-bond acceptors (Lipinski definition) is 2. The van der Waals surface area contributed by atoms with Gasteiger partial charge in [-0.25, -0.2) is 0 Å². The summed E-state index contributed by atoms with van der Waals surface area (Å²) in [7, 11) is 0. The van der Waals surface area contributed by atoms with E-state index in [4.69, 9.17) is 23.2 Å². The molecule has 2 atom stereocenters. The highest BCUT2D eigenvalue weighted by atomic mass is 35.5. The molecule has 0 heterocycles. The SMILES string of the molecule is O[C@H](c1ccccc1Cl)[C@@H](O)c1ccccc1Cl. The van der Waals surface area contributed by atoms with E-state index in [0.717, 1.165) is 0 Å². The van der Waals surface area contributed by atoms with Gasteiger partial charge in [0.1, 0.15) is 12.2 Å². The van der Waals surface area contributed by atoms with Crippen LogP contribution in [0.25, 0.3) is 0 Å². The number of halogens is 2. The normalized spacial score (nSPS) is 14.2. The molecule has 4 heteroatoms. The first-order valence-electron chi connectivity index (χ1n) is 5.46. The van der Waals surface area contributed by atoms with E-state index in [0.29, 0.717) is 21.2 Å². The second-order valence-electron chi connectivity index (χ2n) is 3.93. The fourth-order valence-corrected chi connectivity index (χ4v) is 2.27. The van der Waals surface area contributed by atoms with Gasteiger partial charge in [0.05, 0.1) is 0 Å². The third-order valence-corrected chi connectivity index (χ3v) is 3.44. The summed E-state index contributed by atoms with van der Waals surface area (Å²) in [5.74, 6) is 0. The van der Waals surface area contributed by atoms with Crippen molar-refractivity contribution in [1.29, 1.82) is 0 Å². The van der Waals surface area contributed by atoms with Gasteiger partial charge in [0, 0.05) is 21.2 Å². The molecular weight excluding hydrogens is 271 g/mol. The maximum atomic E-state index is 10.2. The van der Waals surface area contributed by atoms with Crippen molar-refractivity contribution in [2.45, 2.75) is 12.2 Å². The van der Waals surface area contributed by atoms with Crippen molar-refractivity contribution in [3.05, 3.63) is 69.7 Å². The van der Waals surface area contributed by atoms with Crippen LogP contribution in [0.4, 0.5) is 0 Å². The van der Waals surface area contributed by atoms with Crippen molar-refractivity contribution < 1.29 is 10.2 Å². The maximum absolute atomic E-state index is 10.2. The summed E-state index contributed by atoms with van der Waals surface area (Å²) >= 11 is 12.0. The molecule has 0 saturated carbocycles. The summed E-state index contributed by atoms with van der Waals surface area (Å²) in [6, 6.07) is 13.7. The lowest BCUT2D eigenvalue weighted by molar-refractivity contribution is 0.0173. The molecule has 94 valence electrons. The van der Waals surface area contributed by atoms with E-state index in [2.05, 4.69) is 0 Å². The Bertz CT molecular complexity index is 493. The number of aliphatic hydroxyl groups is 2. The molecule has 18 heavy (non-hydrogen) atoms. The molecule has 2 N–H and O–H groups in total. The second kappa shape index (κ2) is 5.72. The van der Waals surface area contributed by atoms with Gasteiger partial charge in [-0.05, 0) is 12.1 Å². The number of aliphatic hydroxyl groups excluding tert-OH is 2. The summed E-state index contributed by atoms with van der Waals surface area (Å²) in [5, 5.41) is 21.1. The molecule has 0 aliphatic heterocycles. The van der Waals surface area contributed by atoms with Crippen LogP contribution in [0.3, 0.4) is 0 Å². The molecule has 0 aliphatic carbocycles. The second-order valence-corrected chi connectivity index (χ2v) is 4.75. The van der Waals surface area contributed by atoms with Gasteiger partial charge in [0.2, 0.25) is 0 Å². The van der Waals surface area contributed by atoms with Crippen LogP contribution in [0.1, 0.15) is 23.3 Å². The van der Waals surface area contributed by atoms with Crippen molar-refractivity contribution in [2.75, 3.05) is 0 Å². The number of benzene rings is 2. The van der Waals surface area contributed by atoms with Crippen LogP contribution >= 0.6 is 23.2 Å². The van der Waals surface area contributed by atoms with Crippen LogP contribution in [-0.2, 0) is 0 Å². The summed E-state index contributed by atoms with van der Waals surface area (Å²) in [5.41, 5.74) is 0.957. The predicted octanol–water partition coefficient (Wildman–Crippen LogP) is 3.76. The van der Waals surface area contributed by atoms with Crippen LogP contribution in [0.15, 0.2) is 48.5 Å². The Hall–Kier alpha value is -1.06. The fraction of sp³-hybridized carbons (Fsp3) is 0.143. The van der Waals surface area contributed by atoms with Crippen molar-refractivity contribution in [3.8, 4) is 0 Å². The third kappa shape index (κ3) is 2.68. The van der Waals surface area contributed by atoms with Crippen molar-refractivity contribution >= 4 is 23.2 Å². The summed E-state index contributed by atoms with van der Waals surface area (Å²) in [6.45, 7) is 0. The minimum atomic E-state index is -1.11. The zero-order valence-corrected chi connectivity index (χ0v) is 10.9. The average molecular weight is 283 g/mol. The van der Waals surface area contributed by atoms with E-state index in [9.17, 15) is 10.2 Å². The van der Waals surface area contributed by atoms with Gasteiger partial charge in [0.15, 0.2) is 0 Å². The van der Waals surface area contributed by atoms with E-state index >= 15 is 0 Å². The topological polar surface area (TPSA) is 40.5 Å². The molecule has 2 nitrogen and oxygen atoms in total. The lowest BCUT2D eigenvalue weighted by atomic mass is 9.98. The molecule has 0 spiro atoms. The molecule has 2 aromatic rings. The van der Waals surface area contributed by atoms with Gasteiger partial charge >= 0.3 is 0 Å². The highest BCUT2D eigenvalue weighted by Crippen LogP contribution is 2.35. The predicted molar refractivity (Wildman–Crippen MR) is 72.8 cm³/mol. The number of rotatable bonds is 3. The smallest absolute Gasteiger partial charge is 0.111 e. The Labute approximate surface area is 115 Å². The standard InChI is InChI=1S/C14H12Cl2O2/c15-11-7-3-1-5-9(11)13(17)14(18)10-6-2-4-8-12(10)16/h1-8,13-14,17-18H/t13-,14+. The summed E-state index contributed by atoms with van der Waals surface area (Å²) in [6.07, 6.45) is -2.22. The Morgan fingerprint density at radius 3 is 1.33 bits per heavy atom. The molecule has 0 aromatic heterocycles. The van der Waals surface area contributed by atoms with Gasteiger partial charge in [-0.1, -0.05) is 59.6 Å². The van der Waals surface area contributed by atoms with Crippen LogP contribution in [0.5, 0.6) is 0 Å². The zero-order valence-electron chi connectivity index (χ0n) is 9.42. The average Bonchev–Trinajstić information content (AvgIpc) is 2.38. The molecular formula is C14H12Cl2O2. The van der Waals surface area contributed by atoms with Gasteiger partial charge in [-0.2, -0.15) is 0 Å². The lowest BCUT2D eigenvalue weighted by Gasteiger charge is -2.20. The Kier molecular flexibility index (Phi) is 4.25. The zero-order chi connectivity index (χ0) is 13.1. The molecule has 0 bridgehead atoms. The van der Waals surface area contributed by atoms with Gasteiger partial charge < -0.3 is 10.2 Å². The molecule has 0 fully saturated rings. The van der Waals surface area contributed by atoms with Crippen LogP contribution in [0, 0.1) is 0 Å². The van der Waals surface area contributed by atoms with E-state index in [1.54, 1.807) is 48.5 Å². The maximum Gasteiger partial charge on any atom is 0.111 e. The molecule has 0 radical (unpaired) electrons. The largest absolute Gasteiger partial charge is 0.385 e. The number of hydrogen-bond donors (Lipinski definition) is 2. The minimum absolute atomic E-state index is 0.413. The molecule has 0 saturated heterocycles. The summed E-state index contributed by atoms with van der Waals surface area (Å²) < 4.78 is 0. The molecule has 2 aromatic carbocycles. The van der Waals surface area contributed by atoms with E-state index < -0.39 is 12.2 Å². The van der Waals surface area contributed by atoms with Gasteiger partial charge in [-0.3, -0.25) is 0 Å². The van der Waals surface area contributed by atoms with Crippen LogP contribution in [0.2, 0.25) is 10.0 Å². The Morgan fingerprint density at radius 2 is 1.00 bits per heavy atom.